The monoisotopic (exact) mass is 327 g/mol. The van der Waals surface area contributed by atoms with E-state index in [1.807, 2.05) is 6.92 Å². The molecule has 0 radical (unpaired) electrons. The van der Waals surface area contributed by atoms with Crippen molar-refractivity contribution in [3.63, 3.8) is 0 Å². The lowest BCUT2D eigenvalue weighted by molar-refractivity contribution is -0.383. The Morgan fingerprint density at radius 2 is 1.71 bits per heavy atom. The summed E-state index contributed by atoms with van der Waals surface area (Å²) in [6, 6.07) is 9.54. The molecule has 124 valence electrons. The molecule has 0 aromatic heterocycles. The molecule has 7 nitrogen and oxygen atoms in total. The topological polar surface area (TPSA) is 101 Å². The van der Waals surface area contributed by atoms with Gasteiger partial charge in [0.15, 0.2) is 5.78 Å². The predicted molar refractivity (Wildman–Crippen MR) is 91.9 cm³/mol. The maximum absolute atomic E-state index is 11.4. The summed E-state index contributed by atoms with van der Waals surface area (Å²) in [5.74, 6) is -0.448. The van der Waals surface area contributed by atoms with E-state index in [4.69, 9.17) is 0 Å². The average molecular weight is 327 g/mol. The number of hydrogen-bond acceptors (Lipinski definition) is 5. The van der Waals surface area contributed by atoms with E-state index < -0.39 is 4.92 Å². The summed E-state index contributed by atoms with van der Waals surface area (Å²) in [4.78, 5) is 33.3. The maximum Gasteiger partial charge on any atom is 0.293 e. The van der Waals surface area contributed by atoms with Crippen molar-refractivity contribution in [3.8, 4) is 0 Å². The Bertz CT molecular complexity index is 831. The van der Waals surface area contributed by atoms with Gasteiger partial charge in [0.2, 0.25) is 5.91 Å². The van der Waals surface area contributed by atoms with E-state index in [-0.39, 0.29) is 28.6 Å². The van der Waals surface area contributed by atoms with Crippen molar-refractivity contribution in [1.29, 1.82) is 0 Å². The van der Waals surface area contributed by atoms with Gasteiger partial charge >= 0.3 is 0 Å². The number of nitro benzene ring substituents is 1. The summed E-state index contributed by atoms with van der Waals surface area (Å²) >= 11 is 0. The summed E-state index contributed by atoms with van der Waals surface area (Å²) in [5.41, 5.74) is 2.42. The number of carbonyl (C=O) groups is 2. The van der Waals surface area contributed by atoms with E-state index in [1.54, 1.807) is 18.2 Å². The zero-order chi connectivity index (χ0) is 17.9. The van der Waals surface area contributed by atoms with Gasteiger partial charge in [-0.25, -0.2) is 0 Å². The first-order chi connectivity index (χ1) is 11.3. The van der Waals surface area contributed by atoms with E-state index in [0.29, 0.717) is 11.4 Å². The predicted octanol–water partition coefficient (Wildman–Crippen LogP) is 3.81. The molecule has 0 bridgehead atoms. The van der Waals surface area contributed by atoms with Crippen LogP contribution in [-0.4, -0.2) is 16.6 Å². The van der Waals surface area contributed by atoms with Crippen LogP contribution >= 0.6 is 0 Å². The van der Waals surface area contributed by atoms with Crippen molar-refractivity contribution >= 4 is 34.4 Å². The lowest BCUT2D eigenvalue weighted by atomic mass is 10.1. The number of nitrogens with zero attached hydrogens (tertiary/aromatic N) is 1. The minimum atomic E-state index is -0.542. The number of rotatable bonds is 5. The number of nitrogens with one attached hydrogen (secondary N) is 2. The molecule has 0 aliphatic carbocycles. The Morgan fingerprint density at radius 3 is 2.29 bits per heavy atom. The van der Waals surface area contributed by atoms with Crippen molar-refractivity contribution < 1.29 is 14.5 Å². The van der Waals surface area contributed by atoms with Crippen LogP contribution < -0.4 is 10.6 Å². The van der Waals surface area contributed by atoms with Crippen LogP contribution in [0.5, 0.6) is 0 Å². The molecule has 2 rings (SSSR count). The van der Waals surface area contributed by atoms with E-state index in [0.717, 1.165) is 5.56 Å². The Balaban J connectivity index is 2.40. The molecule has 0 saturated carbocycles. The van der Waals surface area contributed by atoms with E-state index in [1.165, 1.54) is 32.0 Å². The van der Waals surface area contributed by atoms with Gasteiger partial charge in [-0.1, -0.05) is 0 Å². The quantitative estimate of drug-likeness (QED) is 0.494. The van der Waals surface area contributed by atoms with Gasteiger partial charge in [-0.3, -0.25) is 19.7 Å². The first kappa shape index (κ1) is 17.1. The third kappa shape index (κ3) is 4.16. The van der Waals surface area contributed by atoms with Crippen LogP contribution in [0.4, 0.5) is 22.7 Å². The molecule has 0 unspecified atom stereocenters. The highest BCUT2D eigenvalue weighted by Gasteiger charge is 2.16. The first-order valence-corrected chi connectivity index (χ1v) is 7.22. The molecule has 0 atom stereocenters. The molecule has 7 heteroatoms. The summed E-state index contributed by atoms with van der Waals surface area (Å²) < 4.78 is 0. The molecule has 2 aromatic rings. The second-order valence-electron chi connectivity index (χ2n) is 5.44. The zero-order valence-corrected chi connectivity index (χ0v) is 13.5. The Morgan fingerprint density at radius 1 is 1.04 bits per heavy atom. The maximum atomic E-state index is 11.4. The van der Waals surface area contributed by atoms with Crippen LogP contribution in [0.15, 0.2) is 36.4 Å². The number of ketones is 1. The molecule has 0 aliphatic heterocycles. The van der Waals surface area contributed by atoms with Gasteiger partial charge in [-0.05, 0) is 49.7 Å². The molecule has 0 aliphatic rings. The molecular formula is C17H17N3O4. The van der Waals surface area contributed by atoms with Crippen LogP contribution in [-0.2, 0) is 4.79 Å². The van der Waals surface area contributed by atoms with Crippen molar-refractivity contribution in [2.75, 3.05) is 10.6 Å². The Hall–Kier alpha value is -3.22. The highest BCUT2D eigenvalue weighted by Crippen LogP contribution is 2.30. The van der Waals surface area contributed by atoms with Crippen LogP contribution in [0.1, 0.15) is 29.8 Å². The molecule has 24 heavy (non-hydrogen) atoms. The average Bonchev–Trinajstić information content (AvgIpc) is 2.45. The summed E-state index contributed by atoms with van der Waals surface area (Å²) in [6.07, 6.45) is 0. The van der Waals surface area contributed by atoms with Crippen molar-refractivity contribution in [2.45, 2.75) is 20.8 Å². The molecule has 1 amide bonds. The third-order valence-corrected chi connectivity index (χ3v) is 3.28. The van der Waals surface area contributed by atoms with E-state index >= 15 is 0 Å². The lowest BCUT2D eigenvalue weighted by Crippen LogP contribution is -2.06. The van der Waals surface area contributed by atoms with E-state index in [9.17, 15) is 19.7 Å². The fourth-order valence-electron chi connectivity index (χ4n) is 2.29. The number of carbonyl (C=O) groups excluding carboxylic acids is 2. The van der Waals surface area contributed by atoms with Gasteiger partial charge in [0.05, 0.1) is 4.92 Å². The van der Waals surface area contributed by atoms with Gasteiger partial charge in [-0.2, -0.15) is 0 Å². The van der Waals surface area contributed by atoms with Crippen molar-refractivity contribution in [2.24, 2.45) is 0 Å². The fraction of sp³-hybridized carbons (Fsp3) is 0.176. The number of anilines is 3. The SMILES string of the molecule is CC(=O)Nc1cc(C)cc(Nc2ccc(C(C)=O)cc2[N+](=O)[O-])c1. The number of amides is 1. The Kier molecular flexibility index (Phi) is 4.93. The minimum Gasteiger partial charge on any atom is -0.350 e. The van der Waals surface area contributed by atoms with Gasteiger partial charge in [0.1, 0.15) is 5.69 Å². The largest absolute Gasteiger partial charge is 0.350 e. The number of aryl methyl sites for hydroxylation is 1. The second-order valence-corrected chi connectivity index (χ2v) is 5.44. The van der Waals surface area contributed by atoms with Gasteiger partial charge < -0.3 is 10.6 Å². The number of hydrogen-bond donors (Lipinski definition) is 2. The van der Waals surface area contributed by atoms with Gasteiger partial charge in [-0.15, -0.1) is 0 Å². The van der Waals surface area contributed by atoms with Crippen LogP contribution in [0.25, 0.3) is 0 Å². The second kappa shape index (κ2) is 6.91. The molecule has 0 heterocycles. The third-order valence-electron chi connectivity index (χ3n) is 3.28. The lowest BCUT2D eigenvalue weighted by Gasteiger charge is -2.11. The van der Waals surface area contributed by atoms with Crippen molar-refractivity contribution in [1.82, 2.24) is 0 Å². The zero-order valence-electron chi connectivity index (χ0n) is 13.5. The highest BCUT2D eigenvalue weighted by atomic mass is 16.6. The molecule has 0 fully saturated rings. The number of benzene rings is 2. The summed E-state index contributed by atoms with van der Waals surface area (Å²) in [6.45, 7) is 4.61. The molecular weight excluding hydrogens is 310 g/mol. The molecule has 0 spiro atoms. The van der Waals surface area contributed by atoms with Crippen molar-refractivity contribution in [3.05, 3.63) is 57.6 Å². The van der Waals surface area contributed by atoms with Crippen LogP contribution in [0, 0.1) is 17.0 Å². The minimum absolute atomic E-state index is 0.190. The highest BCUT2D eigenvalue weighted by molar-refractivity contribution is 5.96. The van der Waals surface area contributed by atoms with Gasteiger partial charge in [0.25, 0.3) is 5.69 Å². The van der Waals surface area contributed by atoms with Gasteiger partial charge in [0, 0.05) is 29.9 Å². The standard InChI is InChI=1S/C17H17N3O4/c1-10-6-14(18-12(3)22)9-15(7-10)19-16-5-4-13(11(2)21)8-17(16)20(23)24/h4-9,19H,1-3H3,(H,18,22). The summed E-state index contributed by atoms with van der Waals surface area (Å²) in [7, 11) is 0. The molecule has 0 saturated heterocycles. The smallest absolute Gasteiger partial charge is 0.293 e. The van der Waals surface area contributed by atoms with Crippen LogP contribution in [0.3, 0.4) is 0 Å². The fourth-order valence-corrected chi connectivity index (χ4v) is 2.29. The molecule has 2 N–H and O–H groups in total. The number of Topliss-reactive ketones (excluding diaryl/α,β-unsaturated/α-hetero) is 1. The number of nitro groups is 1. The first-order valence-electron chi connectivity index (χ1n) is 7.22. The molecule has 2 aromatic carbocycles. The summed E-state index contributed by atoms with van der Waals surface area (Å²) in [5, 5.41) is 16.9. The Labute approximate surface area is 138 Å². The normalized spacial score (nSPS) is 10.1. The van der Waals surface area contributed by atoms with E-state index in [2.05, 4.69) is 10.6 Å². The van der Waals surface area contributed by atoms with Crippen LogP contribution in [0.2, 0.25) is 0 Å².